The van der Waals surface area contributed by atoms with Gasteiger partial charge in [0.25, 0.3) is 0 Å². The van der Waals surface area contributed by atoms with Crippen molar-refractivity contribution in [3.8, 4) is 0 Å². The Hall–Kier alpha value is -0.610. The summed E-state index contributed by atoms with van der Waals surface area (Å²) < 4.78 is 0. The maximum atomic E-state index is 11.0. The minimum absolute atomic E-state index is 0.123. The molecule has 2 atom stereocenters. The third kappa shape index (κ3) is 0.957. The van der Waals surface area contributed by atoms with Gasteiger partial charge in [-0.05, 0) is 26.4 Å². The summed E-state index contributed by atoms with van der Waals surface area (Å²) in [4.78, 5) is 13.1. The second-order valence-corrected chi connectivity index (χ2v) is 4.49. The van der Waals surface area contributed by atoms with E-state index in [-0.39, 0.29) is 12.0 Å². The summed E-state index contributed by atoms with van der Waals surface area (Å²) in [5.41, 5.74) is -0.944. The molecule has 1 aliphatic carbocycles. The lowest BCUT2D eigenvalue weighted by Gasteiger charge is -2.15. The van der Waals surface area contributed by atoms with Crippen LogP contribution >= 0.6 is 0 Å². The van der Waals surface area contributed by atoms with Crippen molar-refractivity contribution in [3.63, 3.8) is 0 Å². The number of nitrogens with zero attached hydrogens (tertiary/aromatic N) is 1. The number of hydrogen-bond acceptors (Lipinski definition) is 3. The molecule has 1 saturated carbocycles. The number of carboxylic acids is 1. The molecule has 1 spiro atoms. The average Bonchev–Trinajstić information content (AvgIpc) is 2.56. The number of carbonyl (C=O) groups is 1. The van der Waals surface area contributed by atoms with Gasteiger partial charge in [0.05, 0.1) is 12.0 Å². The molecule has 0 aromatic rings. The van der Waals surface area contributed by atoms with E-state index in [1.807, 2.05) is 7.05 Å². The molecule has 2 aliphatic rings. The monoisotopic (exact) mass is 185 g/mol. The second kappa shape index (κ2) is 2.45. The molecule has 1 aliphatic heterocycles. The molecule has 2 unspecified atom stereocenters. The lowest BCUT2D eigenvalue weighted by Crippen LogP contribution is -2.29. The van der Waals surface area contributed by atoms with Gasteiger partial charge in [-0.3, -0.25) is 4.79 Å². The molecule has 4 heteroatoms. The van der Waals surface area contributed by atoms with Crippen LogP contribution in [0.5, 0.6) is 0 Å². The van der Waals surface area contributed by atoms with Gasteiger partial charge >= 0.3 is 5.97 Å². The fourth-order valence-corrected chi connectivity index (χ4v) is 2.74. The summed E-state index contributed by atoms with van der Waals surface area (Å²) in [6.07, 6.45) is 1.56. The van der Waals surface area contributed by atoms with E-state index in [0.29, 0.717) is 6.42 Å². The van der Waals surface area contributed by atoms with Gasteiger partial charge in [0, 0.05) is 12.0 Å². The molecule has 0 radical (unpaired) electrons. The molecular formula is C9H15NO3. The van der Waals surface area contributed by atoms with Crippen molar-refractivity contribution in [2.45, 2.75) is 12.8 Å². The van der Waals surface area contributed by atoms with Gasteiger partial charge in [-0.1, -0.05) is 0 Å². The van der Waals surface area contributed by atoms with Crippen molar-refractivity contribution >= 4 is 5.97 Å². The van der Waals surface area contributed by atoms with Crippen LogP contribution in [-0.4, -0.2) is 47.8 Å². The molecule has 0 amide bonds. The van der Waals surface area contributed by atoms with Crippen LogP contribution < -0.4 is 0 Å². The molecule has 4 nitrogen and oxygen atoms in total. The van der Waals surface area contributed by atoms with E-state index < -0.39 is 11.4 Å². The fourth-order valence-electron chi connectivity index (χ4n) is 2.74. The smallest absolute Gasteiger partial charge is 0.312 e. The Morgan fingerprint density at radius 1 is 1.62 bits per heavy atom. The Balaban J connectivity index is 2.18. The lowest BCUT2D eigenvalue weighted by molar-refractivity contribution is -0.146. The van der Waals surface area contributed by atoms with Crippen LogP contribution in [0.3, 0.4) is 0 Å². The second-order valence-electron chi connectivity index (χ2n) is 4.49. The number of likely N-dealkylation sites (tertiary alicyclic amines) is 1. The highest BCUT2D eigenvalue weighted by Gasteiger charge is 2.73. The minimum atomic E-state index is -0.828. The zero-order valence-corrected chi connectivity index (χ0v) is 7.79. The third-order valence-electron chi connectivity index (χ3n) is 3.75. The summed E-state index contributed by atoms with van der Waals surface area (Å²) in [5.74, 6) is -0.828. The van der Waals surface area contributed by atoms with Crippen LogP contribution in [0.4, 0.5) is 0 Å². The molecule has 2 rings (SSSR count). The van der Waals surface area contributed by atoms with Crippen LogP contribution in [0.2, 0.25) is 0 Å². The molecule has 0 aromatic heterocycles. The molecule has 1 saturated heterocycles. The predicted molar refractivity (Wildman–Crippen MR) is 46.3 cm³/mol. The summed E-state index contributed by atoms with van der Waals surface area (Å²) >= 11 is 0. The van der Waals surface area contributed by atoms with E-state index in [2.05, 4.69) is 4.90 Å². The van der Waals surface area contributed by atoms with Crippen LogP contribution in [0.25, 0.3) is 0 Å². The highest BCUT2D eigenvalue weighted by atomic mass is 16.4. The van der Waals surface area contributed by atoms with E-state index in [9.17, 15) is 4.79 Å². The summed E-state index contributed by atoms with van der Waals surface area (Å²) in [6, 6.07) is 0. The van der Waals surface area contributed by atoms with Gasteiger partial charge < -0.3 is 15.1 Å². The first-order chi connectivity index (χ1) is 6.06. The fraction of sp³-hybridized carbons (Fsp3) is 0.889. The zero-order valence-electron chi connectivity index (χ0n) is 7.79. The molecule has 1 heterocycles. The number of hydrogen-bond donors (Lipinski definition) is 2. The lowest BCUT2D eigenvalue weighted by atomic mass is 9.92. The van der Waals surface area contributed by atoms with Crippen molar-refractivity contribution in [1.82, 2.24) is 4.90 Å². The van der Waals surface area contributed by atoms with E-state index >= 15 is 0 Å². The van der Waals surface area contributed by atoms with Crippen LogP contribution in [-0.2, 0) is 4.79 Å². The molecular weight excluding hydrogens is 170 g/mol. The molecule has 2 fully saturated rings. The van der Waals surface area contributed by atoms with Gasteiger partial charge in [-0.2, -0.15) is 0 Å². The number of rotatable bonds is 2. The van der Waals surface area contributed by atoms with E-state index in [1.54, 1.807) is 0 Å². The maximum absolute atomic E-state index is 11.0. The Labute approximate surface area is 77.2 Å². The van der Waals surface area contributed by atoms with Crippen molar-refractivity contribution in [2.75, 3.05) is 26.7 Å². The molecule has 74 valence electrons. The first kappa shape index (κ1) is 8.97. The topological polar surface area (TPSA) is 60.8 Å². The molecule has 0 aromatic carbocycles. The van der Waals surface area contributed by atoms with Gasteiger partial charge in [-0.25, -0.2) is 0 Å². The summed E-state index contributed by atoms with van der Waals surface area (Å²) in [6.45, 7) is 1.56. The first-order valence-electron chi connectivity index (χ1n) is 4.59. The largest absolute Gasteiger partial charge is 0.481 e. The van der Waals surface area contributed by atoms with Crippen molar-refractivity contribution in [1.29, 1.82) is 0 Å². The summed E-state index contributed by atoms with van der Waals surface area (Å²) in [5, 5.41) is 18.2. The Morgan fingerprint density at radius 3 is 2.62 bits per heavy atom. The molecule has 0 bridgehead atoms. The van der Waals surface area contributed by atoms with Gasteiger partial charge in [0.2, 0.25) is 0 Å². The predicted octanol–water partition coefficient (Wildman–Crippen LogP) is -0.225. The van der Waals surface area contributed by atoms with Crippen molar-refractivity contribution in [2.24, 2.45) is 10.8 Å². The molecule has 13 heavy (non-hydrogen) atoms. The van der Waals surface area contributed by atoms with E-state index in [4.69, 9.17) is 10.2 Å². The Morgan fingerprint density at radius 2 is 2.31 bits per heavy atom. The van der Waals surface area contributed by atoms with Crippen LogP contribution in [0.15, 0.2) is 0 Å². The van der Waals surface area contributed by atoms with Gasteiger partial charge in [0.15, 0.2) is 0 Å². The normalized spacial score (nSPS) is 44.2. The van der Waals surface area contributed by atoms with E-state index in [1.165, 1.54) is 0 Å². The number of aliphatic hydroxyl groups is 1. The SMILES string of the molecule is CN1CCC2(C1)CC2(CO)C(=O)O. The van der Waals surface area contributed by atoms with Gasteiger partial charge in [0.1, 0.15) is 0 Å². The highest BCUT2D eigenvalue weighted by molar-refractivity contribution is 5.80. The standard InChI is InChI=1S/C9H15NO3/c1-10-3-2-8(5-10)4-9(8,6-11)7(12)13/h11H,2-6H2,1H3,(H,12,13). The molecule has 2 N–H and O–H groups in total. The van der Waals surface area contributed by atoms with Crippen molar-refractivity contribution in [3.05, 3.63) is 0 Å². The number of carboxylic acid groups (broad SMARTS) is 1. The quantitative estimate of drug-likeness (QED) is 0.624. The zero-order chi connectivity index (χ0) is 9.69. The first-order valence-corrected chi connectivity index (χ1v) is 4.59. The Bertz CT molecular complexity index is 255. The van der Waals surface area contributed by atoms with Gasteiger partial charge in [-0.15, -0.1) is 0 Å². The number of aliphatic carboxylic acids is 1. The Kier molecular flexibility index (Phi) is 1.69. The van der Waals surface area contributed by atoms with E-state index in [0.717, 1.165) is 19.5 Å². The van der Waals surface area contributed by atoms with Crippen molar-refractivity contribution < 1.29 is 15.0 Å². The third-order valence-corrected chi connectivity index (χ3v) is 3.75. The number of aliphatic hydroxyl groups excluding tert-OH is 1. The minimum Gasteiger partial charge on any atom is -0.481 e. The maximum Gasteiger partial charge on any atom is 0.312 e. The average molecular weight is 185 g/mol. The highest BCUT2D eigenvalue weighted by Crippen LogP contribution is 2.67. The van der Waals surface area contributed by atoms with Crippen LogP contribution in [0, 0.1) is 10.8 Å². The summed E-state index contributed by atoms with van der Waals surface area (Å²) in [7, 11) is 2.00. The van der Waals surface area contributed by atoms with Crippen LogP contribution in [0.1, 0.15) is 12.8 Å².